The largest absolute Gasteiger partial charge is 0.508 e. The predicted octanol–water partition coefficient (Wildman–Crippen LogP) is -0.314. The highest BCUT2D eigenvalue weighted by Gasteiger charge is 2.46. The van der Waals surface area contributed by atoms with Gasteiger partial charge in [0.15, 0.2) is 29.1 Å². The molecule has 0 bridgehead atoms. The first kappa shape index (κ1) is 22.8. The number of fused-ring (bicyclic) bond motifs is 1. The number of hydrogen-bond acceptors (Lipinski definition) is 12. The second kappa shape index (κ2) is 8.50. The van der Waals surface area contributed by atoms with E-state index >= 15 is 0 Å². The molecule has 9 N–H and O–H groups in total. The number of aliphatic hydroxyl groups is 5. The standard InChI is InChI=1S/C21H22O12/c22-6-13-15(27)16(28)17(29)21(32-13)33-20-14-11(26)4-8(23)5-12(14)31-19(18(20)30)7-1-2-9(24)10(25)3-7/h1-5,13,15-17,19,21-30H,6H2/t13-,15-,16+,17-,19-,21+/m1/s1. The molecule has 12 nitrogen and oxygen atoms in total. The van der Waals surface area contributed by atoms with Crippen LogP contribution in [0.1, 0.15) is 17.2 Å². The molecule has 6 atom stereocenters. The van der Waals surface area contributed by atoms with E-state index in [0.717, 1.165) is 24.3 Å². The molecule has 178 valence electrons. The molecular formula is C21H22O12. The Kier molecular flexibility index (Phi) is 5.86. The first-order valence-electron chi connectivity index (χ1n) is 9.77. The van der Waals surface area contributed by atoms with Crippen LogP contribution in [0.4, 0.5) is 0 Å². The lowest BCUT2D eigenvalue weighted by Crippen LogP contribution is -2.59. The third-order valence-electron chi connectivity index (χ3n) is 5.40. The molecular weight excluding hydrogens is 444 g/mol. The zero-order chi connectivity index (χ0) is 24.0. The zero-order valence-corrected chi connectivity index (χ0v) is 16.8. The van der Waals surface area contributed by atoms with Gasteiger partial charge in [-0.25, -0.2) is 0 Å². The van der Waals surface area contributed by atoms with Gasteiger partial charge in [0.05, 0.1) is 6.61 Å². The topological polar surface area (TPSA) is 210 Å². The van der Waals surface area contributed by atoms with Gasteiger partial charge >= 0.3 is 0 Å². The lowest BCUT2D eigenvalue weighted by atomic mass is 9.98. The van der Waals surface area contributed by atoms with Crippen molar-refractivity contribution in [1.82, 2.24) is 0 Å². The molecule has 0 unspecified atom stereocenters. The maximum absolute atomic E-state index is 11.0. The number of phenolic OH excluding ortho intramolecular Hbond substituents is 4. The fourth-order valence-corrected chi connectivity index (χ4v) is 3.67. The highest BCUT2D eigenvalue weighted by Crippen LogP contribution is 2.48. The van der Waals surface area contributed by atoms with Crippen molar-refractivity contribution in [1.29, 1.82) is 0 Å². The summed E-state index contributed by atoms with van der Waals surface area (Å²) in [5, 5.41) is 90.3. The van der Waals surface area contributed by atoms with E-state index < -0.39 is 72.2 Å². The van der Waals surface area contributed by atoms with Gasteiger partial charge in [0.1, 0.15) is 47.2 Å². The molecule has 1 fully saturated rings. The summed E-state index contributed by atoms with van der Waals surface area (Å²) in [7, 11) is 0. The first-order valence-corrected chi connectivity index (χ1v) is 9.77. The van der Waals surface area contributed by atoms with Gasteiger partial charge in [0, 0.05) is 17.7 Å². The minimum Gasteiger partial charge on any atom is -0.508 e. The molecule has 2 heterocycles. The highest BCUT2D eigenvalue weighted by molar-refractivity contribution is 5.76. The van der Waals surface area contributed by atoms with Crippen LogP contribution in [-0.4, -0.2) is 83.3 Å². The third kappa shape index (κ3) is 3.94. The van der Waals surface area contributed by atoms with Gasteiger partial charge in [-0.2, -0.15) is 0 Å². The van der Waals surface area contributed by atoms with Crippen molar-refractivity contribution in [2.24, 2.45) is 0 Å². The minimum atomic E-state index is -1.81. The first-order chi connectivity index (χ1) is 15.6. The number of ether oxygens (including phenoxy) is 3. The minimum absolute atomic E-state index is 0.145. The molecule has 0 saturated carbocycles. The number of benzene rings is 2. The maximum Gasteiger partial charge on any atom is 0.229 e. The van der Waals surface area contributed by atoms with Crippen LogP contribution in [0.5, 0.6) is 28.7 Å². The summed E-state index contributed by atoms with van der Waals surface area (Å²) in [5.74, 6) is -3.14. The molecule has 0 amide bonds. The molecule has 2 aromatic carbocycles. The van der Waals surface area contributed by atoms with Crippen molar-refractivity contribution >= 4 is 5.76 Å². The molecule has 1 saturated heterocycles. The second-order valence-electron chi connectivity index (χ2n) is 7.61. The smallest absolute Gasteiger partial charge is 0.229 e. The van der Waals surface area contributed by atoms with Gasteiger partial charge in [-0.05, 0) is 12.1 Å². The number of phenols is 4. The van der Waals surface area contributed by atoms with Crippen LogP contribution in [0, 0.1) is 0 Å². The fourth-order valence-electron chi connectivity index (χ4n) is 3.67. The Labute approximate surface area is 186 Å². The monoisotopic (exact) mass is 466 g/mol. The van der Waals surface area contributed by atoms with E-state index in [0.29, 0.717) is 0 Å². The quantitative estimate of drug-likeness (QED) is 0.266. The van der Waals surface area contributed by atoms with Crippen molar-refractivity contribution in [2.45, 2.75) is 36.8 Å². The summed E-state index contributed by atoms with van der Waals surface area (Å²) in [4.78, 5) is 0. The normalized spacial score (nSPS) is 29.3. The van der Waals surface area contributed by atoms with Gasteiger partial charge in [-0.3, -0.25) is 0 Å². The fraction of sp³-hybridized carbons (Fsp3) is 0.333. The molecule has 2 aliphatic heterocycles. The Morgan fingerprint density at radius 2 is 1.55 bits per heavy atom. The van der Waals surface area contributed by atoms with Crippen LogP contribution >= 0.6 is 0 Å². The molecule has 12 heteroatoms. The van der Waals surface area contributed by atoms with E-state index in [2.05, 4.69) is 0 Å². The van der Waals surface area contributed by atoms with Crippen molar-refractivity contribution in [3.05, 3.63) is 47.2 Å². The Bertz CT molecular complexity index is 1080. The lowest BCUT2D eigenvalue weighted by molar-refractivity contribution is -0.284. The average Bonchev–Trinajstić information content (AvgIpc) is 2.77. The van der Waals surface area contributed by atoms with Crippen LogP contribution in [0.3, 0.4) is 0 Å². The van der Waals surface area contributed by atoms with E-state index in [4.69, 9.17) is 14.2 Å². The third-order valence-corrected chi connectivity index (χ3v) is 5.40. The molecule has 0 spiro atoms. The molecule has 2 aromatic rings. The van der Waals surface area contributed by atoms with Crippen LogP contribution in [0.2, 0.25) is 0 Å². The number of hydrogen-bond donors (Lipinski definition) is 9. The number of aromatic hydroxyl groups is 4. The summed E-state index contributed by atoms with van der Waals surface area (Å²) in [6.45, 7) is -0.718. The Morgan fingerprint density at radius 3 is 2.21 bits per heavy atom. The van der Waals surface area contributed by atoms with Crippen LogP contribution in [-0.2, 0) is 9.47 Å². The summed E-state index contributed by atoms with van der Waals surface area (Å²) in [6.07, 6.45) is -9.58. The van der Waals surface area contributed by atoms with E-state index in [9.17, 15) is 46.0 Å². The Hall–Kier alpha value is -3.42. The zero-order valence-electron chi connectivity index (χ0n) is 16.8. The second-order valence-corrected chi connectivity index (χ2v) is 7.61. The molecule has 2 aliphatic rings. The highest BCUT2D eigenvalue weighted by atomic mass is 16.7. The van der Waals surface area contributed by atoms with Crippen molar-refractivity contribution in [3.8, 4) is 28.7 Å². The van der Waals surface area contributed by atoms with E-state index in [1.165, 1.54) is 6.07 Å². The number of aliphatic hydroxyl groups excluding tert-OH is 5. The Morgan fingerprint density at radius 1 is 0.818 bits per heavy atom. The van der Waals surface area contributed by atoms with Gasteiger partial charge in [0.25, 0.3) is 0 Å². The number of rotatable bonds is 4. The predicted molar refractivity (Wildman–Crippen MR) is 107 cm³/mol. The van der Waals surface area contributed by atoms with Gasteiger partial charge in [-0.1, -0.05) is 6.07 Å². The van der Waals surface area contributed by atoms with Crippen LogP contribution in [0.15, 0.2) is 36.1 Å². The summed E-state index contributed by atoms with van der Waals surface area (Å²) >= 11 is 0. The van der Waals surface area contributed by atoms with Gasteiger partial charge in [0.2, 0.25) is 6.29 Å². The average molecular weight is 466 g/mol. The van der Waals surface area contributed by atoms with E-state index in [-0.39, 0.29) is 22.6 Å². The summed E-state index contributed by atoms with van der Waals surface area (Å²) in [6, 6.07) is 5.64. The Balaban J connectivity index is 1.79. The SMILES string of the molecule is OC[C@H]1O[C@@H](OC2=C(O)[C@@H](c3ccc(O)c(O)c3)Oc3cc(O)cc(O)c32)[C@H](O)[C@@H](O)[C@@H]1O. The van der Waals surface area contributed by atoms with Gasteiger partial charge < -0.3 is 60.2 Å². The van der Waals surface area contributed by atoms with E-state index in [1.54, 1.807) is 0 Å². The molecule has 33 heavy (non-hydrogen) atoms. The summed E-state index contributed by atoms with van der Waals surface area (Å²) in [5.41, 5.74) is -0.0762. The van der Waals surface area contributed by atoms with Crippen LogP contribution in [0.25, 0.3) is 5.76 Å². The van der Waals surface area contributed by atoms with E-state index in [1.807, 2.05) is 0 Å². The maximum atomic E-state index is 11.0. The molecule has 0 aromatic heterocycles. The molecule has 4 rings (SSSR count). The van der Waals surface area contributed by atoms with Crippen molar-refractivity contribution in [2.75, 3.05) is 6.61 Å². The van der Waals surface area contributed by atoms with Crippen LogP contribution < -0.4 is 4.74 Å². The van der Waals surface area contributed by atoms with Gasteiger partial charge in [-0.15, -0.1) is 0 Å². The summed E-state index contributed by atoms with van der Waals surface area (Å²) < 4.78 is 16.6. The lowest BCUT2D eigenvalue weighted by Gasteiger charge is -2.40. The van der Waals surface area contributed by atoms with Crippen molar-refractivity contribution in [3.63, 3.8) is 0 Å². The molecule has 0 aliphatic carbocycles. The van der Waals surface area contributed by atoms with Crippen molar-refractivity contribution < 1.29 is 60.2 Å². The molecule has 0 radical (unpaired) electrons.